The molecule has 1 fully saturated rings. The summed E-state index contributed by atoms with van der Waals surface area (Å²) in [6, 6.07) is 6.44. The van der Waals surface area contributed by atoms with E-state index in [2.05, 4.69) is 13.0 Å². The molecular weight excluding hydrogens is 265 g/mol. The first-order valence-corrected chi connectivity index (χ1v) is 6.94. The molecule has 2 rings (SSSR count). The molecule has 2 nitrogen and oxygen atoms in total. The van der Waals surface area contributed by atoms with Gasteiger partial charge >= 0.3 is 0 Å². The van der Waals surface area contributed by atoms with Gasteiger partial charge in [-0.1, -0.05) is 31.0 Å². The molecule has 0 aromatic heterocycles. The van der Waals surface area contributed by atoms with Crippen LogP contribution in [0.5, 0.6) is 0 Å². The van der Waals surface area contributed by atoms with Gasteiger partial charge in [0.15, 0.2) is 0 Å². The van der Waals surface area contributed by atoms with Crippen LogP contribution in [0.15, 0.2) is 18.2 Å². The van der Waals surface area contributed by atoms with Gasteiger partial charge in [0.05, 0.1) is 22.6 Å². The molecule has 0 aliphatic heterocycles. The Labute approximate surface area is 117 Å². The highest BCUT2D eigenvalue weighted by molar-refractivity contribution is 6.30. The van der Waals surface area contributed by atoms with Crippen molar-refractivity contribution in [3.63, 3.8) is 0 Å². The van der Waals surface area contributed by atoms with E-state index in [1.807, 2.05) is 0 Å². The van der Waals surface area contributed by atoms with Crippen LogP contribution in [0.4, 0.5) is 4.39 Å². The molecule has 0 saturated heterocycles. The highest BCUT2D eigenvalue weighted by Gasteiger charge is 2.45. The van der Waals surface area contributed by atoms with E-state index in [4.69, 9.17) is 11.6 Å². The maximum Gasteiger partial charge on any atom is 0.141 e. The Morgan fingerprint density at radius 2 is 2.37 bits per heavy atom. The lowest BCUT2D eigenvalue weighted by Crippen LogP contribution is -2.24. The molecule has 0 radical (unpaired) electrons. The van der Waals surface area contributed by atoms with Crippen LogP contribution in [0.3, 0.4) is 0 Å². The highest BCUT2D eigenvalue weighted by atomic mass is 35.5. The van der Waals surface area contributed by atoms with Gasteiger partial charge in [0.1, 0.15) is 5.82 Å². The molecule has 0 heterocycles. The average Bonchev–Trinajstić information content (AvgIpc) is 2.86. The molecule has 0 bridgehead atoms. The van der Waals surface area contributed by atoms with Gasteiger partial charge in [-0.3, -0.25) is 0 Å². The zero-order chi connectivity index (χ0) is 14.0. The lowest BCUT2D eigenvalue weighted by molar-refractivity contribution is 0.0640. The lowest BCUT2D eigenvalue weighted by Gasteiger charge is -2.28. The number of rotatable bonds is 3. The van der Waals surface area contributed by atoms with Crippen molar-refractivity contribution >= 4 is 11.6 Å². The van der Waals surface area contributed by atoms with Crippen molar-refractivity contribution in [3.8, 4) is 6.07 Å². The molecule has 4 heteroatoms. The Bertz CT molecular complexity index is 513. The normalized spacial score (nSPS) is 28.1. The summed E-state index contributed by atoms with van der Waals surface area (Å²) in [7, 11) is 0. The molecule has 1 aromatic rings. The third kappa shape index (κ3) is 2.61. The Kier molecular flexibility index (Phi) is 4.13. The number of halogens is 2. The highest BCUT2D eigenvalue weighted by Crippen LogP contribution is 2.50. The van der Waals surface area contributed by atoms with E-state index in [-0.39, 0.29) is 5.02 Å². The molecule has 1 aromatic carbocycles. The van der Waals surface area contributed by atoms with Crippen LogP contribution in [0.1, 0.15) is 44.3 Å². The number of hydrogen-bond donors (Lipinski definition) is 1. The molecule has 3 atom stereocenters. The average molecular weight is 282 g/mol. The zero-order valence-electron chi connectivity index (χ0n) is 10.9. The summed E-state index contributed by atoms with van der Waals surface area (Å²) in [5.74, 6) is -0.0355. The maximum absolute atomic E-state index is 13.2. The van der Waals surface area contributed by atoms with Crippen LogP contribution in [-0.4, -0.2) is 5.11 Å². The monoisotopic (exact) mass is 281 g/mol. The predicted molar refractivity (Wildman–Crippen MR) is 72.0 cm³/mol. The summed E-state index contributed by atoms with van der Waals surface area (Å²) in [5.41, 5.74) is -0.244. The summed E-state index contributed by atoms with van der Waals surface area (Å²) in [5, 5.41) is 19.9. The first kappa shape index (κ1) is 14.3. The summed E-state index contributed by atoms with van der Waals surface area (Å²) in [4.78, 5) is 0. The number of nitrogens with zero attached hydrogens (tertiary/aromatic N) is 1. The molecule has 1 saturated carbocycles. The molecule has 1 N–H and O–H groups in total. The minimum Gasteiger partial charge on any atom is -0.387 e. The number of aliphatic hydroxyl groups excluding tert-OH is 1. The Hall–Kier alpha value is -1.11. The van der Waals surface area contributed by atoms with Crippen molar-refractivity contribution in [1.29, 1.82) is 5.26 Å². The van der Waals surface area contributed by atoms with Gasteiger partial charge in [-0.15, -0.1) is 0 Å². The fourth-order valence-corrected chi connectivity index (χ4v) is 3.13. The van der Waals surface area contributed by atoms with Crippen molar-refractivity contribution in [2.75, 3.05) is 0 Å². The van der Waals surface area contributed by atoms with E-state index in [0.717, 1.165) is 12.8 Å². The Morgan fingerprint density at radius 3 is 2.89 bits per heavy atom. The Morgan fingerprint density at radius 1 is 1.63 bits per heavy atom. The molecule has 102 valence electrons. The fourth-order valence-electron chi connectivity index (χ4n) is 2.94. The molecule has 1 aliphatic carbocycles. The van der Waals surface area contributed by atoms with Crippen molar-refractivity contribution < 1.29 is 9.50 Å². The molecule has 0 spiro atoms. The van der Waals surface area contributed by atoms with Gasteiger partial charge in [0.2, 0.25) is 0 Å². The van der Waals surface area contributed by atoms with Crippen molar-refractivity contribution in [2.45, 2.75) is 38.7 Å². The summed E-state index contributed by atoms with van der Waals surface area (Å²) < 4.78 is 13.2. The largest absolute Gasteiger partial charge is 0.387 e. The summed E-state index contributed by atoms with van der Waals surface area (Å²) >= 11 is 5.74. The van der Waals surface area contributed by atoms with E-state index >= 15 is 0 Å². The summed E-state index contributed by atoms with van der Waals surface area (Å²) in [6.45, 7) is 2.10. The minimum atomic E-state index is -0.910. The van der Waals surface area contributed by atoms with E-state index in [9.17, 15) is 14.8 Å². The van der Waals surface area contributed by atoms with Crippen LogP contribution in [0.2, 0.25) is 5.02 Å². The number of nitriles is 1. The van der Waals surface area contributed by atoms with E-state index < -0.39 is 17.3 Å². The van der Waals surface area contributed by atoms with Gasteiger partial charge in [-0.05, 0) is 42.9 Å². The smallest absolute Gasteiger partial charge is 0.141 e. The second-order valence-electron chi connectivity index (χ2n) is 5.36. The number of benzene rings is 1. The summed E-state index contributed by atoms with van der Waals surface area (Å²) in [6.07, 6.45) is 2.43. The molecule has 1 aliphatic rings. The first-order valence-electron chi connectivity index (χ1n) is 6.56. The van der Waals surface area contributed by atoms with Crippen LogP contribution >= 0.6 is 11.6 Å². The van der Waals surface area contributed by atoms with Crippen LogP contribution in [0.25, 0.3) is 0 Å². The fraction of sp³-hybridized carbons (Fsp3) is 0.533. The van der Waals surface area contributed by atoms with Gasteiger partial charge in [-0.25, -0.2) is 4.39 Å². The molecule has 19 heavy (non-hydrogen) atoms. The Balaban J connectivity index is 2.29. The van der Waals surface area contributed by atoms with Gasteiger partial charge in [0, 0.05) is 0 Å². The zero-order valence-corrected chi connectivity index (χ0v) is 11.6. The second-order valence-corrected chi connectivity index (χ2v) is 5.77. The second kappa shape index (κ2) is 5.48. The number of aliphatic hydroxyl groups is 1. The van der Waals surface area contributed by atoms with E-state index in [1.165, 1.54) is 18.2 Å². The van der Waals surface area contributed by atoms with Gasteiger partial charge < -0.3 is 5.11 Å². The first-order chi connectivity index (χ1) is 9.02. The lowest BCUT2D eigenvalue weighted by atomic mass is 9.78. The standard InChI is InChI=1S/C15H17ClFNO/c1-2-10-5-6-15(8-10,9-18)14(19)11-3-4-13(17)12(16)7-11/h3-4,7,10,14,19H,2,5-6,8H2,1H3. The van der Waals surface area contributed by atoms with Gasteiger partial charge in [-0.2, -0.15) is 5.26 Å². The van der Waals surface area contributed by atoms with E-state index in [1.54, 1.807) is 0 Å². The third-order valence-electron chi connectivity index (χ3n) is 4.23. The van der Waals surface area contributed by atoms with Crippen molar-refractivity contribution in [3.05, 3.63) is 34.6 Å². The maximum atomic E-state index is 13.2. The van der Waals surface area contributed by atoms with Crippen molar-refractivity contribution in [1.82, 2.24) is 0 Å². The molecule has 0 amide bonds. The van der Waals surface area contributed by atoms with E-state index in [0.29, 0.717) is 24.3 Å². The third-order valence-corrected chi connectivity index (χ3v) is 4.52. The number of hydrogen-bond acceptors (Lipinski definition) is 2. The SMILES string of the molecule is CCC1CCC(C#N)(C(O)c2ccc(F)c(Cl)c2)C1. The van der Waals surface area contributed by atoms with Crippen LogP contribution in [0, 0.1) is 28.5 Å². The van der Waals surface area contributed by atoms with Crippen molar-refractivity contribution in [2.24, 2.45) is 11.3 Å². The topological polar surface area (TPSA) is 44.0 Å². The minimum absolute atomic E-state index is 0.0188. The van der Waals surface area contributed by atoms with Crippen LogP contribution in [-0.2, 0) is 0 Å². The predicted octanol–water partition coefficient (Wildman–Crippen LogP) is 4.23. The molecule has 3 unspecified atom stereocenters. The quantitative estimate of drug-likeness (QED) is 0.901. The molecular formula is C15H17ClFNO. The van der Waals surface area contributed by atoms with Gasteiger partial charge in [0.25, 0.3) is 0 Å². The van der Waals surface area contributed by atoms with Crippen LogP contribution < -0.4 is 0 Å².